The lowest BCUT2D eigenvalue weighted by Gasteiger charge is -2.17. The van der Waals surface area contributed by atoms with Crippen molar-refractivity contribution >= 4 is 22.0 Å². The average Bonchev–Trinajstić information content (AvgIpc) is 2.26. The topological polar surface area (TPSA) is 93.1 Å². The number of anilines is 1. The molecular weight excluding hydrogens is 262 g/mol. The second-order valence-electron chi connectivity index (χ2n) is 3.24. The van der Waals surface area contributed by atoms with Crippen molar-refractivity contribution in [1.29, 1.82) is 0 Å². The van der Waals surface area contributed by atoms with E-state index in [4.69, 9.17) is 9.29 Å². The van der Waals surface area contributed by atoms with Gasteiger partial charge in [0.25, 0.3) is 0 Å². The van der Waals surface area contributed by atoms with Gasteiger partial charge in [-0.05, 0) is 31.2 Å². The van der Waals surface area contributed by atoms with Crippen molar-refractivity contribution in [1.82, 2.24) is 0 Å². The number of hydrogen-bond donors (Lipinski definition) is 1. The minimum Gasteiger partial charge on any atom is -0.494 e. The number of rotatable bonds is 5. The van der Waals surface area contributed by atoms with Crippen LogP contribution >= 0.6 is 0 Å². The normalized spacial score (nSPS) is 11.1. The number of carbonyl (C=O) groups excluding carboxylic acids is 1. The van der Waals surface area contributed by atoms with Crippen molar-refractivity contribution < 1.29 is 26.8 Å². The molecule has 7 nitrogen and oxygen atoms in total. The summed E-state index contributed by atoms with van der Waals surface area (Å²) in [6.45, 7) is 3.40. The fraction of sp³-hybridized carbons (Fsp3) is 0.300. The Balaban J connectivity index is 2.96. The second kappa shape index (κ2) is 5.80. The van der Waals surface area contributed by atoms with E-state index in [1.807, 2.05) is 6.92 Å². The predicted octanol–water partition coefficient (Wildman–Crippen LogP) is 1.17. The molecule has 0 heterocycles. The summed E-state index contributed by atoms with van der Waals surface area (Å²) in [5, 5.41) is 0.463. The molecule has 1 N–H and O–H groups in total. The Bertz CT molecular complexity index is 510. The van der Waals surface area contributed by atoms with Gasteiger partial charge in [-0.2, -0.15) is 13.5 Å². The molecule has 1 aromatic carbocycles. The molecule has 100 valence electrons. The van der Waals surface area contributed by atoms with Crippen LogP contribution in [0.2, 0.25) is 0 Å². The van der Waals surface area contributed by atoms with Gasteiger partial charge in [0.15, 0.2) is 0 Å². The molecule has 1 amide bonds. The van der Waals surface area contributed by atoms with Crippen molar-refractivity contribution in [2.75, 3.05) is 11.7 Å². The summed E-state index contributed by atoms with van der Waals surface area (Å²) in [7, 11) is -4.76. The van der Waals surface area contributed by atoms with Crippen molar-refractivity contribution in [2.45, 2.75) is 13.8 Å². The largest absolute Gasteiger partial charge is 0.494 e. The molecule has 0 saturated heterocycles. The minimum atomic E-state index is -4.76. The molecule has 0 fully saturated rings. The fourth-order valence-corrected chi connectivity index (χ4v) is 1.60. The van der Waals surface area contributed by atoms with E-state index < -0.39 is 16.3 Å². The van der Waals surface area contributed by atoms with Crippen LogP contribution in [0.15, 0.2) is 24.3 Å². The molecular formula is C10H13NO6S. The Morgan fingerprint density at radius 2 is 1.89 bits per heavy atom. The number of amides is 1. The third-order valence-corrected chi connectivity index (χ3v) is 2.17. The SMILES string of the molecule is CCOc1ccc(N(OS(=O)(=O)O)C(C)=O)cc1. The third-order valence-electron chi connectivity index (χ3n) is 1.84. The summed E-state index contributed by atoms with van der Waals surface area (Å²) in [6.07, 6.45) is 0. The van der Waals surface area contributed by atoms with Crippen LogP contribution in [0.25, 0.3) is 0 Å². The maximum atomic E-state index is 11.2. The molecule has 0 radical (unpaired) electrons. The molecule has 18 heavy (non-hydrogen) atoms. The van der Waals surface area contributed by atoms with Crippen LogP contribution in [0.3, 0.4) is 0 Å². The fourth-order valence-electron chi connectivity index (χ4n) is 1.22. The van der Waals surface area contributed by atoms with E-state index in [1.165, 1.54) is 12.1 Å². The first-order valence-corrected chi connectivity index (χ1v) is 6.40. The van der Waals surface area contributed by atoms with E-state index in [0.29, 0.717) is 17.4 Å². The molecule has 8 heteroatoms. The van der Waals surface area contributed by atoms with E-state index in [2.05, 4.69) is 4.28 Å². The molecule has 0 spiro atoms. The van der Waals surface area contributed by atoms with E-state index >= 15 is 0 Å². The van der Waals surface area contributed by atoms with Gasteiger partial charge in [-0.15, -0.1) is 4.28 Å². The maximum Gasteiger partial charge on any atom is 0.418 e. The lowest BCUT2D eigenvalue weighted by Crippen LogP contribution is -2.31. The highest BCUT2D eigenvalue weighted by atomic mass is 32.3. The number of carbonyl (C=O) groups is 1. The van der Waals surface area contributed by atoms with Gasteiger partial charge in [0.2, 0.25) is 5.91 Å². The molecule has 0 atom stereocenters. The second-order valence-corrected chi connectivity index (χ2v) is 4.25. The predicted molar refractivity (Wildman–Crippen MR) is 63.4 cm³/mol. The van der Waals surface area contributed by atoms with Crippen LogP contribution in [0.4, 0.5) is 5.69 Å². The molecule has 0 aromatic heterocycles. The first kappa shape index (κ1) is 14.4. The van der Waals surface area contributed by atoms with Gasteiger partial charge in [-0.1, -0.05) is 0 Å². The van der Waals surface area contributed by atoms with Gasteiger partial charge in [0.05, 0.1) is 12.3 Å². The zero-order chi connectivity index (χ0) is 13.8. The smallest absolute Gasteiger partial charge is 0.418 e. The number of benzene rings is 1. The van der Waals surface area contributed by atoms with Crippen LogP contribution in [0.5, 0.6) is 5.75 Å². The van der Waals surface area contributed by atoms with Crippen molar-refractivity contribution in [3.8, 4) is 5.75 Å². The Morgan fingerprint density at radius 1 is 1.33 bits per heavy atom. The standard InChI is InChI=1S/C10H13NO6S/c1-3-16-10-6-4-9(5-7-10)11(8(2)12)17-18(13,14)15/h4-7H,3H2,1-2H3,(H,13,14,15). The quantitative estimate of drug-likeness (QED) is 0.640. The molecule has 1 aromatic rings. The van der Waals surface area contributed by atoms with E-state index in [-0.39, 0.29) is 5.69 Å². The lowest BCUT2D eigenvalue weighted by atomic mass is 10.3. The van der Waals surface area contributed by atoms with Gasteiger partial charge >= 0.3 is 10.4 Å². The molecule has 0 bridgehead atoms. The van der Waals surface area contributed by atoms with Crippen LogP contribution in [-0.4, -0.2) is 25.5 Å². The maximum absolute atomic E-state index is 11.2. The minimum absolute atomic E-state index is 0.156. The van der Waals surface area contributed by atoms with Gasteiger partial charge in [0.1, 0.15) is 5.75 Å². The number of nitrogens with zero attached hydrogens (tertiary/aromatic N) is 1. The third kappa shape index (κ3) is 4.32. The summed E-state index contributed by atoms with van der Waals surface area (Å²) in [4.78, 5) is 11.2. The van der Waals surface area contributed by atoms with Crippen molar-refractivity contribution in [3.05, 3.63) is 24.3 Å². The van der Waals surface area contributed by atoms with E-state index in [1.54, 1.807) is 12.1 Å². The zero-order valence-electron chi connectivity index (χ0n) is 9.86. The van der Waals surface area contributed by atoms with E-state index in [0.717, 1.165) is 6.92 Å². The monoisotopic (exact) mass is 275 g/mol. The van der Waals surface area contributed by atoms with Gasteiger partial charge in [-0.25, -0.2) is 0 Å². The molecule has 0 aliphatic carbocycles. The van der Waals surface area contributed by atoms with Crippen LogP contribution in [-0.2, 0) is 19.5 Å². The summed E-state index contributed by atoms with van der Waals surface area (Å²) >= 11 is 0. The average molecular weight is 275 g/mol. The van der Waals surface area contributed by atoms with Gasteiger partial charge < -0.3 is 4.74 Å². The first-order chi connectivity index (χ1) is 8.33. The van der Waals surface area contributed by atoms with Gasteiger partial charge in [-0.3, -0.25) is 9.35 Å². The highest BCUT2D eigenvalue weighted by Crippen LogP contribution is 2.20. The lowest BCUT2D eigenvalue weighted by molar-refractivity contribution is -0.120. The van der Waals surface area contributed by atoms with E-state index in [9.17, 15) is 13.2 Å². The Hall–Kier alpha value is -1.64. The van der Waals surface area contributed by atoms with Crippen molar-refractivity contribution in [3.63, 3.8) is 0 Å². The Labute approximate surface area is 105 Å². The summed E-state index contributed by atoms with van der Waals surface area (Å²) in [6, 6.07) is 5.94. The van der Waals surface area contributed by atoms with Crippen molar-refractivity contribution in [2.24, 2.45) is 0 Å². The highest BCUT2D eigenvalue weighted by Gasteiger charge is 2.19. The molecule has 0 aliphatic heterocycles. The number of ether oxygens (including phenoxy) is 1. The highest BCUT2D eigenvalue weighted by molar-refractivity contribution is 7.81. The molecule has 0 saturated carbocycles. The molecule has 0 aliphatic rings. The first-order valence-electron chi connectivity index (χ1n) is 5.04. The zero-order valence-corrected chi connectivity index (χ0v) is 10.7. The van der Waals surface area contributed by atoms with Crippen LogP contribution < -0.4 is 9.80 Å². The van der Waals surface area contributed by atoms with Gasteiger partial charge in [0, 0.05) is 6.92 Å². The summed E-state index contributed by atoms with van der Waals surface area (Å²) < 4.78 is 39.1. The summed E-state index contributed by atoms with van der Waals surface area (Å²) in [5.41, 5.74) is 0.156. The Kier molecular flexibility index (Phi) is 4.65. The van der Waals surface area contributed by atoms with Crippen LogP contribution in [0, 0.1) is 0 Å². The molecule has 0 unspecified atom stereocenters. The number of hydrogen-bond acceptors (Lipinski definition) is 5. The number of hydroxylamine groups is 1. The Morgan fingerprint density at radius 3 is 2.28 bits per heavy atom. The molecule has 1 rings (SSSR count). The van der Waals surface area contributed by atoms with Crippen LogP contribution in [0.1, 0.15) is 13.8 Å². The summed E-state index contributed by atoms with van der Waals surface area (Å²) in [5.74, 6) is -0.131.